The summed E-state index contributed by atoms with van der Waals surface area (Å²) in [4.78, 5) is 26.7. The highest BCUT2D eigenvalue weighted by Crippen LogP contribution is 2.09. The molecule has 3 heterocycles. The van der Waals surface area contributed by atoms with E-state index in [0.717, 1.165) is 35.4 Å². The van der Waals surface area contributed by atoms with E-state index in [0.29, 0.717) is 12.1 Å². The van der Waals surface area contributed by atoms with E-state index in [2.05, 4.69) is 25.3 Å². The van der Waals surface area contributed by atoms with Gasteiger partial charge in [0.05, 0.1) is 11.1 Å². The Morgan fingerprint density at radius 1 is 1.38 bits per heavy atom. The number of hydrogen-bond donors (Lipinski definition) is 3. The van der Waals surface area contributed by atoms with E-state index < -0.39 is 0 Å². The van der Waals surface area contributed by atoms with E-state index in [1.807, 2.05) is 25.3 Å². The molecule has 3 aromatic rings. The van der Waals surface area contributed by atoms with Gasteiger partial charge in [0.2, 0.25) is 0 Å². The van der Waals surface area contributed by atoms with Crippen molar-refractivity contribution in [2.75, 3.05) is 6.54 Å². The Labute approximate surface area is 122 Å². The van der Waals surface area contributed by atoms with Gasteiger partial charge in [-0.2, -0.15) is 0 Å². The van der Waals surface area contributed by atoms with Crippen molar-refractivity contribution in [2.24, 2.45) is 0 Å². The second-order valence-electron chi connectivity index (χ2n) is 4.97. The van der Waals surface area contributed by atoms with Crippen LogP contribution in [0.25, 0.3) is 11.2 Å². The molecular formula is C15H17N5O. The van der Waals surface area contributed by atoms with Gasteiger partial charge in [0.25, 0.3) is 5.91 Å². The number of H-pyrrole nitrogens is 2. The monoisotopic (exact) mass is 283 g/mol. The molecule has 3 N–H and O–H groups in total. The van der Waals surface area contributed by atoms with Gasteiger partial charge in [-0.15, -0.1) is 0 Å². The molecule has 6 heteroatoms. The largest absolute Gasteiger partial charge is 0.367 e. The average Bonchev–Trinajstić information content (AvgIpc) is 3.08. The topological polar surface area (TPSA) is 86.5 Å². The summed E-state index contributed by atoms with van der Waals surface area (Å²) in [5.74, 6) is 0.857. The quantitative estimate of drug-likeness (QED) is 0.626. The van der Waals surface area contributed by atoms with Crippen LogP contribution in [0.3, 0.4) is 0 Å². The Morgan fingerprint density at radius 2 is 2.29 bits per heavy atom. The number of carbonyl (C=O) groups excluding carboxylic acids is 1. The fourth-order valence-corrected chi connectivity index (χ4v) is 2.25. The van der Waals surface area contributed by atoms with E-state index >= 15 is 0 Å². The zero-order valence-electron chi connectivity index (χ0n) is 11.8. The Balaban J connectivity index is 1.50. The number of hydrogen-bond acceptors (Lipinski definition) is 3. The van der Waals surface area contributed by atoms with Crippen molar-refractivity contribution in [1.82, 2.24) is 25.3 Å². The van der Waals surface area contributed by atoms with Crippen molar-refractivity contribution >= 4 is 17.1 Å². The summed E-state index contributed by atoms with van der Waals surface area (Å²) in [6, 6.07) is 3.83. The number of carbonyl (C=O) groups is 1. The van der Waals surface area contributed by atoms with Gasteiger partial charge < -0.3 is 15.3 Å². The Hall–Kier alpha value is -2.63. The molecule has 0 unspecified atom stereocenters. The second kappa shape index (κ2) is 5.78. The third-order valence-electron chi connectivity index (χ3n) is 3.38. The van der Waals surface area contributed by atoms with Crippen LogP contribution < -0.4 is 5.32 Å². The Kier molecular flexibility index (Phi) is 3.68. The van der Waals surface area contributed by atoms with Gasteiger partial charge in [0.15, 0.2) is 5.65 Å². The van der Waals surface area contributed by atoms with Gasteiger partial charge >= 0.3 is 0 Å². The van der Waals surface area contributed by atoms with Crippen LogP contribution in [0.15, 0.2) is 30.7 Å². The molecule has 0 aliphatic carbocycles. The number of imidazole rings is 1. The number of aromatic amines is 2. The summed E-state index contributed by atoms with van der Waals surface area (Å²) >= 11 is 0. The molecule has 21 heavy (non-hydrogen) atoms. The van der Waals surface area contributed by atoms with Gasteiger partial charge in [-0.3, -0.25) is 4.79 Å². The molecule has 0 saturated heterocycles. The van der Waals surface area contributed by atoms with Crippen molar-refractivity contribution in [3.63, 3.8) is 0 Å². The standard InChI is InChI=1S/C15H17N5O/c1-10-8-16-9-11(10)15(21)18-7-3-5-13-19-12-4-2-6-17-14(12)20-13/h2,4,6,8-9,16H,3,5,7H2,1H3,(H,18,21)(H,17,19,20). The minimum Gasteiger partial charge on any atom is -0.367 e. The molecule has 0 fully saturated rings. The lowest BCUT2D eigenvalue weighted by Gasteiger charge is -2.03. The molecule has 1 amide bonds. The highest BCUT2D eigenvalue weighted by molar-refractivity contribution is 5.95. The number of pyridine rings is 1. The molecule has 0 aliphatic heterocycles. The Bertz CT molecular complexity index is 725. The number of nitrogens with one attached hydrogen (secondary N) is 3. The third kappa shape index (κ3) is 2.94. The molecule has 0 radical (unpaired) electrons. The first-order valence-electron chi connectivity index (χ1n) is 6.95. The third-order valence-corrected chi connectivity index (χ3v) is 3.38. The van der Waals surface area contributed by atoms with Crippen LogP contribution in [-0.2, 0) is 6.42 Å². The highest BCUT2D eigenvalue weighted by atomic mass is 16.1. The number of rotatable bonds is 5. The molecule has 0 aromatic carbocycles. The average molecular weight is 283 g/mol. The minimum atomic E-state index is -0.0416. The van der Waals surface area contributed by atoms with E-state index in [1.165, 1.54) is 0 Å². The van der Waals surface area contributed by atoms with Gasteiger partial charge in [0.1, 0.15) is 5.82 Å². The van der Waals surface area contributed by atoms with Gasteiger partial charge in [0, 0.05) is 31.6 Å². The molecule has 0 bridgehead atoms. The maximum absolute atomic E-state index is 11.9. The van der Waals surface area contributed by atoms with Crippen molar-refractivity contribution < 1.29 is 4.79 Å². The summed E-state index contributed by atoms with van der Waals surface area (Å²) in [7, 11) is 0. The van der Waals surface area contributed by atoms with Crippen LogP contribution in [-0.4, -0.2) is 32.4 Å². The van der Waals surface area contributed by atoms with E-state index in [9.17, 15) is 4.79 Å². The molecule has 6 nitrogen and oxygen atoms in total. The van der Waals surface area contributed by atoms with Gasteiger partial charge in [-0.05, 0) is 31.0 Å². The normalized spacial score (nSPS) is 10.9. The smallest absolute Gasteiger partial charge is 0.253 e. The molecule has 0 atom stereocenters. The van der Waals surface area contributed by atoms with Crippen molar-refractivity contribution in [2.45, 2.75) is 19.8 Å². The molecular weight excluding hydrogens is 266 g/mol. The van der Waals surface area contributed by atoms with Gasteiger partial charge in [-0.1, -0.05) is 0 Å². The fourth-order valence-electron chi connectivity index (χ4n) is 2.25. The maximum atomic E-state index is 11.9. The highest BCUT2D eigenvalue weighted by Gasteiger charge is 2.09. The molecule has 0 spiro atoms. The predicted octanol–water partition coefficient (Wildman–Crippen LogP) is 1.96. The summed E-state index contributed by atoms with van der Waals surface area (Å²) < 4.78 is 0. The van der Waals surface area contributed by atoms with Crippen molar-refractivity contribution in [1.29, 1.82) is 0 Å². The molecule has 3 aromatic heterocycles. The summed E-state index contributed by atoms with van der Waals surface area (Å²) in [6.07, 6.45) is 6.87. The van der Waals surface area contributed by atoms with Crippen molar-refractivity contribution in [3.05, 3.63) is 47.7 Å². The number of aryl methyl sites for hydroxylation is 2. The van der Waals surface area contributed by atoms with Gasteiger partial charge in [-0.25, -0.2) is 9.97 Å². The fraction of sp³-hybridized carbons (Fsp3) is 0.267. The zero-order chi connectivity index (χ0) is 14.7. The lowest BCUT2D eigenvalue weighted by molar-refractivity contribution is 0.0953. The lowest BCUT2D eigenvalue weighted by atomic mass is 10.2. The van der Waals surface area contributed by atoms with E-state index in [1.54, 1.807) is 12.4 Å². The predicted molar refractivity (Wildman–Crippen MR) is 80.1 cm³/mol. The number of aromatic nitrogens is 4. The van der Waals surface area contributed by atoms with Crippen LogP contribution in [0.1, 0.15) is 28.2 Å². The van der Waals surface area contributed by atoms with Crippen LogP contribution in [0.4, 0.5) is 0 Å². The maximum Gasteiger partial charge on any atom is 0.253 e. The van der Waals surface area contributed by atoms with Crippen molar-refractivity contribution in [3.8, 4) is 0 Å². The molecule has 3 rings (SSSR count). The van der Waals surface area contributed by atoms with E-state index in [-0.39, 0.29) is 5.91 Å². The number of amides is 1. The summed E-state index contributed by atoms with van der Waals surface area (Å²) in [5.41, 5.74) is 3.33. The number of nitrogens with zero attached hydrogens (tertiary/aromatic N) is 2. The minimum absolute atomic E-state index is 0.0416. The summed E-state index contributed by atoms with van der Waals surface area (Å²) in [5, 5.41) is 2.91. The zero-order valence-corrected chi connectivity index (χ0v) is 11.8. The lowest BCUT2D eigenvalue weighted by Crippen LogP contribution is -2.25. The van der Waals surface area contributed by atoms with Crippen LogP contribution in [0.2, 0.25) is 0 Å². The van der Waals surface area contributed by atoms with Crippen LogP contribution in [0, 0.1) is 6.92 Å². The van der Waals surface area contributed by atoms with Crippen LogP contribution in [0.5, 0.6) is 0 Å². The molecule has 108 valence electrons. The van der Waals surface area contributed by atoms with E-state index in [4.69, 9.17) is 0 Å². The first-order valence-corrected chi connectivity index (χ1v) is 6.95. The molecule has 0 saturated carbocycles. The number of fused-ring (bicyclic) bond motifs is 1. The summed E-state index contributed by atoms with van der Waals surface area (Å²) in [6.45, 7) is 2.53. The Morgan fingerprint density at radius 3 is 3.05 bits per heavy atom. The molecule has 0 aliphatic rings. The van der Waals surface area contributed by atoms with Crippen LogP contribution >= 0.6 is 0 Å². The first-order chi connectivity index (χ1) is 10.2. The second-order valence-corrected chi connectivity index (χ2v) is 4.97. The first kappa shape index (κ1) is 13.4. The SMILES string of the molecule is Cc1c[nH]cc1C(=O)NCCCc1nc2ncccc2[nH]1.